The fraction of sp³-hybridized carbons (Fsp3) is 0.435. The van der Waals surface area contributed by atoms with Gasteiger partial charge in [0.1, 0.15) is 0 Å². The van der Waals surface area contributed by atoms with Crippen molar-refractivity contribution in [1.29, 1.82) is 0 Å². The normalized spacial score (nSPS) is 20.1. The van der Waals surface area contributed by atoms with Crippen molar-refractivity contribution in [3.63, 3.8) is 0 Å². The molecule has 1 aliphatic heterocycles. The van der Waals surface area contributed by atoms with E-state index in [0.717, 1.165) is 17.5 Å². The Bertz CT molecular complexity index is 924. The quantitative estimate of drug-likeness (QED) is 0.753. The zero-order chi connectivity index (χ0) is 21.0. The Morgan fingerprint density at radius 3 is 2.34 bits per heavy atom. The highest BCUT2D eigenvalue weighted by Gasteiger charge is 2.43. The molecule has 0 spiro atoms. The number of hydrogen-bond acceptors (Lipinski definition) is 3. The molecule has 1 fully saturated rings. The van der Waals surface area contributed by atoms with E-state index in [1.165, 1.54) is 4.31 Å². The van der Waals surface area contributed by atoms with Gasteiger partial charge >= 0.3 is 0 Å². The molecule has 2 unspecified atom stereocenters. The van der Waals surface area contributed by atoms with Gasteiger partial charge in [-0.25, -0.2) is 8.42 Å². The number of amides is 1. The smallest absolute Gasteiger partial charge is 0.243 e. The van der Waals surface area contributed by atoms with Gasteiger partial charge in [0.25, 0.3) is 0 Å². The number of benzene rings is 2. The highest BCUT2D eigenvalue weighted by molar-refractivity contribution is 7.89. The van der Waals surface area contributed by atoms with Crippen LogP contribution >= 0.6 is 0 Å². The first-order chi connectivity index (χ1) is 13.8. The van der Waals surface area contributed by atoms with E-state index < -0.39 is 15.9 Å². The molecule has 2 atom stereocenters. The molecule has 1 aliphatic rings. The van der Waals surface area contributed by atoms with Crippen LogP contribution in [-0.2, 0) is 14.8 Å². The molecule has 0 bridgehead atoms. The van der Waals surface area contributed by atoms with E-state index in [4.69, 9.17) is 0 Å². The van der Waals surface area contributed by atoms with Gasteiger partial charge in [-0.15, -0.1) is 0 Å². The molecule has 1 heterocycles. The van der Waals surface area contributed by atoms with E-state index in [1.54, 1.807) is 30.3 Å². The molecular weight excluding hydrogens is 384 g/mol. The molecule has 156 valence electrons. The largest absolute Gasteiger partial charge is 0.356 e. The van der Waals surface area contributed by atoms with Crippen molar-refractivity contribution >= 4 is 15.9 Å². The molecule has 0 saturated carbocycles. The van der Waals surface area contributed by atoms with Crippen LogP contribution in [0.2, 0.25) is 0 Å². The summed E-state index contributed by atoms with van der Waals surface area (Å²) in [5.41, 5.74) is 2.14. The average Bonchev–Trinajstić information content (AvgIpc) is 3.15. The lowest BCUT2D eigenvalue weighted by atomic mass is 9.88. The molecule has 1 amide bonds. The predicted molar refractivity (Wildman–Crippen MR) is 115 cm³/mol. The molecule has 6 heteroatoms. The first-order valence-electron chi connectivity index (χ1n) is 10.2. The summed E-state index contributed by atoms with van der Waals surface area (Å²) in [6, 6.07) is 16.5. The summed E-state index contributed by atoms with van der Waals surface area (Å²) in [5.74, 6) is -0.125. The third-order valence-electron chi connectivity index (χ3n) is 5.53. The lowest BCUT2D eigenvalue weighted by molar-refractivity contribution is -0.124. The minimum absolute atomic E-state index is 0.0676. The van der Waals surface area contributed by atoms with Gasteiger partial charge in [-0.3, -0.25) is 4.79 Å². The summed E-state index contributed by atoms with van der Waals surface area (Å²) < 4.78 is 27.7. The van der Waals surface area contributed by atoms with Crippen molar-refractivity contribution < 1.29 is 13.2 Å². The summed E-state index contributed by atoms with van der Waals surface area (Å²) in [7, 11) is -3.63. The van der Waals surface area contributed by atoms with Gasteiger partial charge in [0.2, 0.25) is 15.9 Å². The van der Waals surface area contributed by atoms with E-state index in [1.807, 2.05) is 31.2 Å². The SMILES string of the molecule is Cc1ccc(C2CN(S(=O)(=O)c3ccccc3)CC2C(=O)NCCC(C)C)cc1. The average molecular weight is 415 g/mol. The predicted octanol–water partition coefficient (Wildman–Crippen LogP) is 3.56. The molecule has 0 aliphatic carbocycles. The third-order valence-corrected chi connectivity index (χ3v) is 7.38. The molecule has 0 radical (unpaired) electrons. The first-order valence-corrected chi connectivity index (χ1v) is 11.6. The molecular formula is C23H30N2O3S. The van der Waals surface area contributed by atoms with Crippen molar-refractivity contribution in [2.75, 3.05) is 19.6 Å². The maximum Gasteiger partial charge on any atom is 0.243 e. The minimum atomic E-state index is -3.63. The molecule has 2 aromatic rings. The van der Waals surface area contributed by atoms with Crippen LogP contribution in [0.15, 0.2) is 59.5 Å². The molecule has 1 N–H and O–H groups in total. The molecule has 1 saturated heterocycles. The summed E-state index contributed by atoms with van der Waals surface area (Å²) in [5, 5.41) is 3.02. The summed E-state index contributed by atoms with van der Waals surface area (Å²) in [6.45, 7) is 7.36. The van der Waals surface area contributed by atoms with Crippen molar-refractivity contribution in [2.45, 2.75) is 38.0 Å². The Morgan fingerprint density at radius 2 is 1.72 bits per heavy atom. The van der Waals surface area contributed by atoms with Crippen LogP contribution in [0.25, 0.3) is 0 Å². The Morgan fingerprint density at radius 1 is 1.07 bits per heavy atom. The van der Waals surface area contributed by atoms with E-state index in [0.29, 0.717) is 19.0 Å². The van der Waals surface area contributed by atoms with Crippen molar-refractivity contribution in [2.24, 2.45) is 11.8 Å². The van der Waals surface area contributed by atoms with Gasteiger partial charge in [-0.1, -0.05) is 61.9 Å². The number of nitrogens with zero attached hydrogens (tertiary/aromatic N) is 1. The van der Waals surface area contributed by atoms with Gasteiger partial charge in [0, 0.05) is 25.6 Å². The third kappa shape index (κ3) is 5.06. The fourth-order valence-corrected chi connectivity index (χ4v) is 5.25. The van der Waals surface area contributed by atoms with Gasteiger partial charge in [-0.2, -0.15) is 4.31 Å². The van der Waals surface area contributed by atoms with Gasteiger partial charge in [-0.05, 0) is 37.0 Å². The van der Waals surface area contributed by atoms with Gasteiger partial charge in [0.05, 0.1) is 10.8 Å². The number of carbonyl (C=O) groups is 1. The second-order valence-electron chi connectivity index (χ2n) is 8.23. The van der Waals surface area contributed by atoms with Crippen molar-refractivity contribution in [3.05, 3.63) is 65.7 Å². The molecule has 3 rings (SSSR count). The second kappa shape index (κ2) is 9.09. The monoisotopic (exact) mass is 414 g/mol. The number of hydrogen-bond donors (Lipinski definition) is 1. The van der Waals surface area contributed by atoms with Crippen LogP contribution in [0.1, 0.15) is 37.3 Å². The maximum absolute atomic E-state index is 13.1. The Hall–Kier alpha value is -2.18. The van der Waals surface area contributed by atoms with Crippen LogP contribution < -0.4 is 5.32 Å². The lowest BCUT2D eigenvalue weighted by Crippen LogP contribution is -2.36. The van der Waals surface area contributed by atoms with E-state index in [2.05, 4.69) is 19.2 Å². The number of nitrogens with one attached hydrogen (secondary N) is 1. The highest BCUT2D eigenvalue weighted by Crippen LogP contribution is 2.36. The van der Waals surface area contributed by atoms with Gasteiger partial charge < -0.3 is 5.32 Å². The number of rotatable bonds is 7. The lowest BCUT2D eigenvalue weighted by Gasteiger charge is -2.19. The van der Waals surface area contributed by atoms with E-state index >= 15 is 0 Å². The minimum Gasteiger partial charge on any atom is -0.356 e. The van der Waals surface area contributed by atoms with Crippen LogP contribution in [-0.4, -0.2) is 38.3 Å². The van der Waals surface area contributed by atoms with E-state index in [9.17, 15) is 13.2 Å². The van der Waals surface area contributed by atoms with Crippen molar-refractivity contribution in [1.82, 2.24) is 9.62 Å². The zero-order valence-electron chi connectivity index (χ0n) is 17.3. The number of sulfonamides is 1. The first kappa shape index (κ1) is 21.5. The number of carbonyl (C=O) groups excluding carboxylic acids is 1. The van der Waals surface area contributed by atoms with Crippen molar-refractivity contribution in [3.8, 4) is 0 Å². The molecule has 29 heavy (non-hydrogen) atoms. The maximum atomic E-state index is 13.1. The van der Waals surface area contributed by atoms with E-state index in [-0.39, 0.29) is 23.3 Å². The highest BCUT2D eigenvalue weighted by atomic mass is 32.2. The zero-order valence-corrected chi connectivity index (χ0v) is 18.2. The van der Waals surface area contributed by atoms with Crippen LogP contribution in [0, 0.1) is 18.8 Å². The molecule has 0 aromatic heterocycles. The number of aryl methyl sites for hydroxylation is 1. The van der Waals surface area contributed by atoms with Crippen LogP contribution in [0.4, 0.5) is 0 Å². The standard InChI is InChI=1S/C23H30N2O3S/c1-17(2)13-14-24-23(26)22-16-25(29(27,28)20-7-5-4-6-8-20)15-21(22)19-11-9-18(3)10-12-19/h4-12,17,21-22H,13-16H2,1-3H3,(H,24,26). The Balaban J connectivity index is 1.85. The van der Waals surface area contributed by atoms with Crippen LogP contribution in [0.5, 0.6) is 0 Å². The fourth-order valence-electron chi connectivity index (χ4n) is 3.74. The summed E-state index contributed by atoms with van der Waals surface area (Å²) in [4.78, 5) is 13.2. The Kier molecular flexibility index (Phi) is 6.75. The van der Waals surface area contributed by atoms with Gasteiger partial charge in [0.15, 0.2) is 0 Å². The summed E-state index contributed by atoms with van der Waals surface area (Å²) in [6.07, 6.45) is 0.902. The topological polar surface area (TPSA) is 66.5 Å². The Labute approximate surface area is 174 Å². The molecule has 2 aromatic carbocycles. The molecule has 5 nitrogen and oxygen atoms in total. The second-order valence-corrected chi connectivity index (χ2v) is 10.2. The summed E-state index contributed by atoms with van der Waals surface area (Å²) >= 11 is 0. The van der Waals surface area contributed by atoms with Crippen LogP contribution in [0.3, 0.4) is 0 Å².